The first-order valence-corrected chi connectivity index (χ1v) is 7.57. The average Bonchev–Trinajstić information content (AvgIpc) is 2.46. The molecule has 0 aliphatic heterocycles. The highest BCUT2D eigenvalue weighted by atomic mass is 35.5. The topological polar surface area (TPSA) is 24.9 Å². The Morgan fingerprint density at radius 3 is 2.71 bits per heavy atom. The standard InChI is InChI=1S/C17H20ClFN2/c1-3-8-20-17(10-14-6-4-12(2)11-21-14)15-7-5-13(18)9-16(15)19/h4-7,9,11,17,20H,3,8,10H2,1-2H3. The van der Waals surface area contributed by atoms with Gasteiger partial charge in [-0.25, -0.2) is 4.39 Å². The predicted octanol–water partition coefficient (Wildman–Crippen LogP) is 4.47. The smallest absolute Gasteiger partial charge is 0.129 e. The molecule has 1 aromatic heterocycles. The third kappa shape index (κ3) is 4.51. The number of aromatic nitrogens is 1. The lowest BCUT2D eigenvalue weighted by Crippen LogP contribution is -2.25. The predicted molar refractivity (Wildman–Crippen MR) is 85.1 cm³/mol. The van der Waals surface area contributed by atoms with Crippen LogP contribution in [0.25, 0.3) is 0 Å². The highest BCUT2D eigenvalue weighted by Crippen LogP contribution is 2.23. The highest BCUT2D eigenvalue weighted by Gasteiger charge is 2.16. The van der Waals surface area contributed by atoms with Crippen molar-refractivity contribution >= 4 is 11.6 Å². The SMILES string of the molecule is CCCNC(Cc1ccc(C)cn1)c1ccc(Cl)cc1F. The summed E-state index contributed by atoms with van der Waals surface area (Å²) in [6.45, 7) is 4.92. The van der Waals surface area contributed by atoms with Crippen LogP contribution in [0.1, 0.15) is 36.2 Å². The second kappa shape index (κ2) is 7.53. The number of halogens is 2. The molecule has 0 saturated heterocycles. The molecule has 112 valence electrons. The van der Waals surface area contributed by atoms with E-state index in [-0.39, 0.29) is 11.9 Å². The Morgan fingerprint density at radius 1 is 1.29 bits per heavy atom. The van der Waals surface area contributed by atoms with E-state index >= 15 is 0 Å². The van der Waals surface area contributed by atoms with E-state index in [0.29, 0.717) is 17.0 Å². The summed E-state index contributed by atoms with van der Waals surface area (Å²) < 4.78 is 14.1. The average molecular weight is 307 g/mol. The van der Waals surface area contributed by atoms with Gasteiger partial charge in [0, 0.05) is 34.9 Å². The van der Waals surface area contributed by atoms with Gasteiger partial charge in [0.25, 0.3) is 0 Å². The monoisotopic (exact) mass is 306 g/mol. The van der Waals surface area contributed by atoms with Crippen molar-refractivity contribution in [1.82, 2.24) is 10.3 Å². The zero-order valence-electron chi connectivity index (χ0n) is 12.4. The molecule has 0 saturated carbocycles. The van der Waals surface area contributed by atoms with Crippen molar-refractivity contribution in [3.63, 3.8) is 0 Å². The number of hydrogen-bond acceptors (Lipinski definition) is 2. The number of nitrogens with zero attached hydrogens (tertiary/aromatic N) is 1. The van der Waals surface area contributed by atoms with Crippen molar-refractivity contribution in [2.75, 3.05) is 6.54 Å². The molecule has 0 bridgehead atoms. The van der Waals surface area contributed by atoms with Crippen LogP contribution in [0, 0.1) is 12.7 Å². The molecule has 1 aromatic carbocycles. The Morgan fingerprint density at radius 2 is 2.10 bits per heavy atom. The number of aryl methyl sites for hydroxylation is 1. The van der Waals surface area contributed by atoms with Crippen LogP contribution in [-0.2, 0) is 6.42 Å². The maximum atomic E-state index is 14.1. The van der Waals surface area contributed by atoms with Crippen LogP contribution in [0.4, 0.5) is 4.39 Å². The van der Waals surface area contributed by atoms with Gasteiger partial charge < -0.3 is 5.32 Å². The minimum atomic E-state index is -0.275. The van der Waals surface area contributed by atoms with Gasteiger partial charge in [-0.2, -0.15) is 0 Å². The minimum Gasteiger partial charge on any atom is -0.310 e. The van der Waals surface area contributed by atoms with Crippen molar-refractivity contribution in [2.24, 2.45) is 0 Å². The molecule has 1 N–H and O–H groups in total. The first kappa shape index (κ1) is 15.9. The lowest BCUT2D eigenvalue weighted by atomic mass is 10.0. The highest BCUT2D eigenvalue weighted by molar-refractivity contribution is 6.30. The van der Waals surface area contributed by atoms with E-state index in [1.165, 1.54) is 6.07 Å². The summed E-state index contributed by atoms with van der Waals surface area (Å²) >= 11 is 5.83. The Hall–Kier alpha value is -1.45. The van der Waals surface area contributed by atoms with Crippen molar-refractivity contribution in [3.8, 4) is 0 Å². The van der Waals surface area contributed by atoms with E-state index in [1.807, 2.05) is 25.3 Å². The van der Waals surface area contributed by atoms with Crippen LogP contribution in [0.5, 0.6) is 0 Å². The molecule has 1 unspecified atom stereocenters. The van der Waals surface area contributed by atoms with Crippen molar-refractivity contribution in [3.05, 3.63) is 64.2 Å². The fourth-order valence-electron chi connectivity index (χ4n) is 2.22. The number of hydrogen-bond donors (Lipinski definition) is 1. The van der Waals surface area contributed by atoms with Gasteiger partial charge >= 0.3 is 0 Å². The van der Waals surface area contributed by atoms with Gasteiger partial charge in [-0.05, 0) is 43.7 Å². The van der Waals surface area contributed by atoms with Gasteiger partial charge in [0.05, 0.1) is 0 Å². The summed E-state index contributed by atoms with van der Waals surface area (Å²) in [5.74, 6) is -0.275. The fourth-order valence-corrected chi connectivity index (χ4v) is 2.38. The van der Waals surface area contributed by atoms with Gasteiger partial charge in [-0.1, -0.05) is 30.7 Å². The quantitative estimate of drug-likeness (QED) is 0.852. The van der Waals surface area contributed by atoms with Gasteiger partial charge in [0.2, 0.25) is 0 Å². The van der Waals surface area contributed by atoms with E-state index < -0.39 is 0 Å². The third-order valence-corrected chi connectivity index (χ3v) is 3.60. The van der Waals surface area contributed by atoms with Crippen LogP contribution in [0.3, 0.4) is 0 Å². The molecular weight excluding hydrogens is 287 g/mol. The number of nitrogens with one attached hydrogen (secondary N) is 1. The van der Waals surface area contributed by atoms with E-state index in [4.69, 9.17) is 11.6 Å². The van der Waals surface area contributed by atoms with Crippen molar-refractivity contribution < 1.29 is 4.39 Å². The molecule has 0 radical (unpaired) electrons. The van der Waals surface area contributed by atoms with Crippen LogP contribution < -0.4 is 5.32 Å². The van der Waals surface area contributed by atoms with Crippen molar-refractivity contribution in [1.29, 1.82) is 0 Å². The third-order valence-electron chi connectivity index (χ3n) is 3.36. The summed E-state index contributed by atoms with van der Waals surface area (Å²) in [5, 5.41) is 3.80. The Bertz CT molecular complexity index is 584. The maximum Gasteiger partial charge on any atom is 0.129 e. The normalized spacial score (nSPS) is 12.4. The molecule has 1 heterocycles. The zero-order valence-corrected chi connectivity index (χ0v) is 13.1. The van der Waals surface area contributed by atoms with E-state index in [1.54, 1.807) is 12.1 Å². The molecule has 0 fully saturated rings. The number of benzene rings is 1. The number of pyridine rings is 1. The lowest BCUT2D eigenvalue weighted by Gasteiger charge is -2.19. The van der Waals surface area contributed by atoms with Gasteiger partial charge in [0.1, 0.15) is 5.82 Å². The molecule has 0 aliphatic carbocycles. The molecule has 21 heavy (non-hydrogen) atoms. The molecule has 0 amide bonds. The maximum absolute atomic E-state index is 14.1. The number of rotatable bonds is 6. The van der Waals surface area contributed by atoms with E-state index in [2.05, 4.69) is 17.2 Å². The molecule has 1 atom stereocenters. The summed E-state index contributed by atoms with van der Waals surface area (Å²) in [7, 11) is 0. The second-order valence-electron chi connectivity index (χ2n) is 5.20. The zero-order chi connectivity index (χ0) is 15.2. The molecule has 0 aliphatic rings. The second-order valence-corrected chi connectivity index (χ2v) is 5.64. The Labute approximate surface area is 130 Å². The molecule has 2 rings (SSSR count). The van der Waals surface area contributed by atoms with Crippen LogP contribution in [0.2, 0.25) is 5.02 Å². The fraction of sp³-hybridized carbons (Fsp3) is 0.353. The van der Waals surface area contributed by atoms with Crippen molar-refractivity contribution in [2.45, 2.75) is 32.7 Å². The van der Waals surface area contributed by atoms with Gasteiger partial charge in [-0.3, -0.25) is 4.98 Å². The van der Waals surface area contributed by atoms with Gasteiger partial charge in [0.15, 0.2) is 0 Å². The summed E-state index contributed by atoms with van der Waals surface area (Å²) in [4.78, 5) is 4.41. The molecule has 4 heteroatoms. The van der Waals surface area contributed by atoms with Gasteiger partial charge in [-0.15, -0.1) is 0 Å². The molecule has 0 spiro atoms. The Balaban J connectivity index is 2.22. The van der Waals surface area contributed by atoms with E-state index in [0.717, 1.165) is 24.2 Å². The van der Waals surface area contributed by atoms with Crippen LogP contribution in [0.15, 0.2) is 36.5 Å². The minimum absolute atomic E-state index is 0.0996. The lowest BCUT2D eigenvalue weighted by molar-refractivity contribution is 0.493. The van der Waals surface area contributed by atoms with E-state index in [9.17, 15) is 4.39 Å². The summed E-state index contributed by atoms with van der Waals surface area (Å²) in [5.41, 5.74) is 2.70. The first-order chi connectivity index (χ1) is 10.1. The summed E-state index contributed by atoms with van der Waals surface area (Å²) in [6, 6.07) is 8.75. The Kier molecular flexibility index (Phi) is 5.71. The molecular formula is C17H20ClFN2. The first-order valence-electron chi connectivity index (χ1n) is 7.20. The largest absolute Gasteiger partial charge is 0.310 e. The molecule has 2 nitrogen and oxygen atoms in total. The summed E-state index contributed by atoms with van der Waals surface area (Å²) in [6.07, 6.45) is 3.48. The molecule has 2 aromatic rings. The van der Waals surface area contributed by atoms with Crippen LogP contribution in [-0.4, -0.2) is 11.5 Å². The van der Waals surface area contributed by atoms with Crippen LogP contribution >= 0.6 is 11.6 Å².